The van der Waals surface area contributed by atoms with Gasteiger partial charge in [0.05, 0.1) is 5.92 Å². The first-order valence-corrected chi connectivity index (χ1v) is 9.46. The molecule has 1 saturated heterocycles. The van der Waals surface area contributed by atoms with Crippen molar-refractivity contribution in [2.45, 2.75) is 31.6 Å². The number of amides is 2. The zero-order chi connectivity index (χ0) is 17.2. The van der Waals surface area contributed by atoms with Gasteiger partial charge in [-0.05, 0) is 24.8 Å². The first kappa shape index (κ1) is 16.2. The number of benzene rings is 1. The van der Waals surface area contributed by atoms with Crippen molar-refractivity contribution < 1.29 is 9.59 Å². The molecule has 2 aliphatic rings. The number of carbonyl (C=O) groups is 2. The van der Waals surface area contributed by atoms with Crippen molar-refractivity contribution in [3.8, 4) is 0 Å². The van der Waals surface area contributed by atoms with Crippen LogP contribution >= 0.6 is 11.3 Å². The van der Waals surface area contributed by atoms with E-state index in [4.69, 9.17) is 0 Å². The van der Waals surface area contributed by atoms with Crippen LogP contribution in [0.15, 0.2) is 30.3 Å². The number of hydrogen-bond donors (Lipinski definition) is 1. The summed E-state index contributed by atoms with van der Waals surface area (Å²) in [6.45, 7) is 1.13. The minimum atomic E-state index is -0.309. The third-order valence-corrected chi connectivity index (χ3v) is 5.70. The summed E-state index contributed by atoms with van der Waals surface area (Å²) in [5.41, 5.74) is 1.20. The third kappa shape index (κ3) is 3.87. The highest BCUT2D eigenvalue weighted by Gasteiger charge is 2.34. The third-order valence-electron chi connectivity index (χ3n) is 4.70. The van der Waals surface area contributed by atoms with Crippen LogP contribution in [0, 0.1) is 5.92 Å². The normalized spacial score (nSPS) is 20.1. The van der Waals surface area contributed by atoms with E-state index in [1.807, 2.05) is 18.2 Å². The highest BCUT2D eigenvalue weighted by Crippen LogP contribution is 2.42. The lowest BCUT2D eigenvalue weighted by Crippen LogP contribution is -2.30. The predicted molar refractivity (Wildman–Crippen MR) is 95.3 cm³/mol. The maximum atomic E-state index is 12.4. The van der Waals surface area contributed by atoms with Crippen LogP contribution in [0.1, 0.15) is 35.8 Å². The van der Waals surface area contributed by atoms with Crippen molar-refractivity contribution in [1.82, 2.24) is 15.1 Å². The molecular weight excluding hydrogens is 336 g/mol. The van der Waals surface area contributed by atoms with Gasteiger partial charge in [0.2, 0.25) is 16.9 Å². The minimum Gasteiger partial charge on any atom is -0.342 e. The molecule has 0 unspecified atom stereocenters. The van der Waals surface area contributed by atoms with Crippen LogP contribution in [0.25, 0.3) is 0 Å². The molecule has 6 nitrogen and oxygen atoms in total. The summed E-state index contributed by atoms with van der Waals surface area (Å²) < 4.78 is 0. The van der Waals surface area contributed by atoms with Crippen molar-refractivity contribution in [3.63, 3.8) is 0 Å². The second-order valence-electron chi connectivity index (χ2n) is 6.69. The van der Waals surface area contributed by atoms with Gasteiger partial charge in [-0.2, -0.15) is 0 Å². The van der Waals surface area contributed by atoms with E-state index in [1.165, 1.54) is 16.9 Å². The molecule has 1 aliphatic heterocycles. The maximum absolute atomic E-state index is 12.4. The van der Waals surface area contributed by atoms with Gasteiger partial charge in [0, 0.05) is 25.4 Å². The number of nitrogens with zero attached hydrogens (tertiary/aromatic N) is 3. The molecule has 130 valence electrons. The molecule has 0 bridgehead atoms. The van der Waals surface area contributed by atoms with Crippen molar-refractivity contribution in [3.05, 3.63) is 40.9 Å². The van der Waals surface area contributed by atoms with Crippen LogP contribution in [0.3, 0.4) is 0 Å². The Labute approximate surface area is 150 Å². The summed E-state index contributed by atoms with van der Waals surface area (Å²) in [7, 11) is 0. The molecule has 1 aliphatic carbocycles. The summed E-state index contributed by atoms with van der Waals surface area (Å²) >= 11 is 1.45. The van der Waals surface area contributed by atoms with Gasteiger partial charge in [0.1, 0.15) is 5.01 Å². The number of likely N-dealkylation sites (tertiary alicyclic amines) is 1. The Hall–Kier alpha value is -2.28. The van der Waals surface area contributed by atoms with Crippen LogP contribution in [0.5, 0.6) is 0 Å². The number of rotatable bonds is 6. The smallest absolute Gasteiger partial charge is 0.231 e. The largest absolute Gasteiger partial charge is 0.342 e. The summed E-state index contributed by atoms with van der Waals surface area (Å²) in [5.74, 6) is 0.141. The molecule has 1 atom stereocenters. The molecule has 2 aromatic rings. The highest BCUT2D eigenvalue weighted by molar-refractivity contribution is 7.15. The van der Waals surface area contributed by atoms with Crippen molar-refractivity contribution >= 4 is 28.3 Å². The number of carbonyl (C=O) groups excluding carboxylic acids is 2. The molecule has 25 heavy (non-hydrogen) atoms. The van der Waals surface area contributed by atoms with E-state index in [-0.39, 0.29) is 24.2 Å². The molecule has 2 amide bonds. The van der Waals surface area contributed by atoms with Gasteiger partial charge in [-0.25, -0.2) is 0 Å². The van der Waals surface area contributed by atoms with E-state index in [9.17, 15) is 9.59 Å². The standard InChI is InChI=1S/C18H20N4O2S/c23-15-10-14(11-22(15)9-8-12-4-2-1-3-5-12)16(24)19-18-21-20-17(25-18)13-6-7-13/h1-5,13-14H,6-11H2,(H,19,21,24)/t14-/m0/s1. The van der Waals surface area contributed by atoms with E-state index in [0.29, 0.717) is 24.1 Å². The van der Waals surface area contributed by atoms with Crippen molar-refractivity contribution in [2.75, 3.05) is 18.4 Å². The Morgan fingerprint density at radius 2 is 2.04 bits per heavy atom. The van der Waals surface area contributed by atoms with Gasteiger partial charge in [0.25, 0.3) is 0 Å². The van der Waals surface area contributed by atoms with Gasteiger partial charge in [-0.1, -0.05) is 41.7 Å². The van der Waals surface area contributed by atoms with Gasteiger partial charge in [0.15, 0.2) is 0 Å². The van der Waals surface area contributed by atoms with Crippen molar-refractivity contribution in [2.24, 2.45) is 5.92 Å². The van der Waals surface area contributed by atoms with E-state index >= 15 is 0 Å². The molecule has 4 rings (SSSR count). The Kier molecular flexibility index (Phi) is 4.48. The molecule has 0 radical (unpaired) electrons. The fourth-order valence-corrected chi connectivity index (χ4v) is 3.98. The van der Waals surface area contributed by atoms with Gasteiger partial charge in [-0.3, -0.25) is 9.59 Å². The molecule has 1 aromatic heterocycles. The predicted octanol–water partition coefficient (Wildman–Crippen LogP) is 2.45. The molecule has 2 heterocycles. The Morgan fingerprint density at radius 3 is 2.80 bits per heavy atom. The van der Waals surface area contributed by atoms with Crippen LogP contribution in [-0.4, -0.2) is 40.0 Å². The fraction of sp³-hybridized carbons (Fsp3) is 0.444. The first-order chi connectivity index (χ1) is 12.2. The van der Waals surface area contributed by atoms with E-state index in [0.717, 1.165) is 24.3 Å². The average Bonchev–Trinajstić information content (AvgIpc) is 3.26. The second kappa shape index (κ2) is 6.92. The van der Waals surface area contributed by atoms with Crippen LogP contribution < -0.4 is 5.32 Å². The summed E-state index contributed by atoms with van der Waals surface area (Å²) in [4.78, 5) is 26.4. The highest BCUT2D eigenvalue weighted by atomic mass is 32.1. The van der Waals surface area contributed by atoms with E-state index in [1.54, 1.807) is 4.90 Å². The maximum Gasteiger partial charge on any atom is 0.231 e. The summed E-state index contributed by atoms with van der Waals surface area (Å²) in [6, 6.07) is 10.1. The topological polar surface area (TPSA) is 75.2 Å². The summed E-state index contributed by atoms with van der Waals surface area (Å²) in [6.07, 6.45) is 3.41. The van der Waals surface area contributed by atoms with Crippen LogP contribution in [0.4, 0.5) is 5.13 Å². The lowest BCUT2D eigenvalue weighted by atomic mass is 10.1. The lowest BCUT2D eigenvalue weighted by molar-refractivity contribution is -0.128. The summed E-state index contributed by atoms with van der Waals surface area (Å²) in [5, 5.41) is 12.5. The second-order valence-corrected chi connectivity index (χ2v) is 7.69. The molecule has 1 saturated carbocycles. The molecule has 7 heteroatoms. The number of anilines is 1. The van der Waals surface area contributed by atoms with Crippen molar-refractivity contribution in [1.29, 1.82) is 0 Å². The van der Waals surface area contributed by atoms with E-state index < -0.39 is 0 Å². The molecule has 0 spiro atoms. The van der Waals surface area contributed by atoms with Gasteiger partial charge >= 0.3 is 0 Å². The zero-order valence-electron chi connectivity index (χ0n) is 13.9. The lowest BCUT2D eigenvalue weighted by Gasteiger charge is -2.16. The Morgan fingerprint density at radius 1 is 1.24 bits per heavy atom. The SMILES string of the molecule is O=C(Nc1nnc(C2CC2)s1)[C@H]1CC(=O)N(CCc2ccccc2)C1. The molecule has 1 N–H and O–H groups in total. The molecule has 2 fully saturated rings. The first-order valence-electron chi connectivity index (χ1n) is 8.65. The number of aromatic nitrogens is 2. The average molecular weight is 356 g/mol. The quantitative estimate of drug-likeness (QED) is 0.863. The molecule has 1 aromatic carbocycles. The Balaban J connectivity index is 1.30. The van der Waals surface area contributed by atoms with Crippen LogP contribution in [0.2, 0.25) is 0 Å². The van der Waals surface area contributed by atoms with Gasteiger partial charge < -0.3 is 10.2 Å². The van der Waals surface area contributed by atoms with E-state index in [2.05, 4.69) is 27.6 Å². The number of hydrogen-bond acceptors (Lipinski definition) is 5. The Bertz CT molecular complexity index is 772. The van der Waals surface area contributed by atoms with Crippen LogP contribution in [-0.2, 0) is 16.0 Å². The zero-order valence-corrected chi connectivity index (χ0v) is 14.7. The number of nitrogens with one attached hydrogen (secondary N) is 1. The molecular formula is C18H20N4O2S. The fourth-order valence-electron chi connectivity index (χ4n) is 3.06. The van der Waals surface area contributed by atoms with Gasteiger partial charge in [-0.15, -0.1) is 10.2 Å². The minimum absolute atomic E-state index is 0.0482. The monoisotopic (exact) mass is 356 g/mol.